The lowest BCUT2D eigenvalue weighted by atomic mass is 9.70. The van der Waals surface area contributed by atoms with Gasteiger partial charge in [-0.2, -0.15) is 5.26 Å². The smallest absolute Gasteiger partial charge is 0.197 e. The van der Waals surface area contributed by atoms with Crippen LogP contribution < -0.4 is 5.06 Å². The average Bonchev–Trinajstić information content (AvgIpc) is 3.27. The van der Waals surface area contributed by atoms with E-state index in [4.69, 9.17) is 9.26 Å². The van der Waals surface area contributed by atoms with E-state index in [0.29, 0.717) is 29.5 Å². The summed E-state index contributed by atoms with van der Waals surface area (Å²) < 4.78 is 25.0. The number of aromatic nitrogens is 4. The third-order valence-corrected chi connectivity index (χ3v) is 8.18. The van der Waals surface area contributed by atoms with E-state index in [0.717, 1.165) is 43.3 Å². The predicted octanol–water partition coefficient (Wildman–Crippen LogP) is 5.60. The first-order chi connectivity index (χ1) is 18.4. The van der Waals surface area contributed by atoms with E-state index in [2.05, 4.69) is 32.5 Å². The summed E-state index contributed by atoms with van der Waals surface area (Å²) in [6, 6.07) is 7.81. The van der Waals surface area contributed by atoms with Crippen molar-refractivity contribution >= 4 is 24.2 Å². The molecule has 1 aliphatic carbocycles. The first-order valence-electron chi connectivity index (χ1n) is 13.3. The summed E-state index contributed by atoms with van der Waals surface area (Å²) in [5.41, 5.74) is 2.47. The van der Waals surface area contributed by atoms with Gasteiger partial charge in [0, 0.05) is 26.4 Å². The van der Waals surface area contributed by atoms with Gasteiger partial charge in [0.25, 0.3) is 0 Å². The van der Waals surface area contributed by atoms with Crippen LogP contribution in [-0.4, -0.2) is 57.8 Å². The molecule has 3 aromatic rings. The standard InChI is InChI=1S/C28H39N6O4P/c1-27(2,37-11-12-38-39(4,5)36)25-16-31-26(17-30-25)34(35)18-22-7-6-10-28(3,14-22)19-33-20-32-23-9-8-21(15-29)13-24(23)33/h8-9,13,16-17,20,22,35H,6-7,10-12,14,18-19H2,1-5H3/t22?,28-/m0/s1. The number of benzene rings is 1. The maximum atomic E-state index is 11.7. The fraction of sp³-hybridized carbons (Fsp3) is 0.571. The van der Waals surface area contributed by atoms with Gasteiger partial charge in [0.1, 0.15) is 5.60 Å². The van der Waals surface area contributed by atoms with Crippen molar-refractivity contribution < 1.29 is 19.0 Å². The first kappa shape index (κ1) is 29.2. The maximum Gasteiger partial charge on any atom is 0.197 e. The van der Waals surface area contributed by atoms with Crippen LogP contribution in [0.5, 0.6) is 0 Å². The minimum absolute atomic E-state index is 0.0456. The molecule has 0 bridgehead atoms. The number of ether oxygens (including phenoxy) is 1. The van der Waals surface area contributed by atoms with Gasteiger partial charge in [-0.25, -0.2) is 15.0 Å². The number of imidazole rings is 1. The van der Waals surface area contributed by atoms with Gasteiger partial charge in [0.2, 0.25) is 0 Å². The minimum atomic E-state index is -2.55. The molecule has 0 spiro atoms. The molecule has 2 heterocycles. The average molecular weight is 555 g/mol. The Kier molecular flexibility index (Phi) is 8.77. The second-order valence-corrected chi connectivity index (χ2v) is 14.5. The lowest BCUT2D eigenvalue weighted by Crippen LogP contribution is -2.36. The number of rotatable bonds is 11. The molecular formula is C28H39N6O4P. The second-order valence-electron chi connectivity index (χ2n) is 11.7. The Hall–Kier alpha value is -2.83. The number of fused-ring (bicyclic) bond motifs is 1. The van der Waals surface area contributed by atoms with Gasteiger partial charge in [0.05, 0.1) is 60.3 Å². The largest absolute Gasteiger partial charge is 0.367 e. The molecule has 10 nitrogen and oxygen atoms in total. The van der Waals surface area contributed by atoms with Crippen molar-refractivity contribution in [1.29, 1.82) is 5.26 Å². The quantitative estimate of drug-likeness (QED) is 0.183. The van der Waals surface area contributed by atoms with Crippen LogP contribution in [0.3, 0.4) is 0 Å². The molecule has 1 unspecified atom stereocenters. The Balaban J connectivity index is 1.35. The number of hydrogen-bond donors (Lipinski definition) is 1. The molecule has 1 aliphatic rings. The van der Waals surface area contributed by atoms with Gasteiger partial charge >= 0.3 is 0 Å². The molecule has 0 radical (unpaired) electrons. The zero-order valence-electron chi connectivity index (χ0n) is 23.5. The summed E-state index contributed by atoms with van der Waals surface area (Å²) >= 11 is 0. The summed E-state index contributed by atoms with van der Waals surface area (Å²) in [6.07, 6.45) is 9.21. The topological polar surface area (TPSA) is 126 Å². The zero-order valence-corrected chi connectivity index (χ0v) is 24.4. The van der Waals surface area contributed by atoms with E-state index in [1.807, 2.05) is 32.3 Å². The van der Waals surface area contributed by atoms with Crippen LogP contribution in [-0.2, 0) is 26.0 Å². The molecule has 4 rings (SSSR count). The molecule has 0 saturated heterocycles. The summed E-state index contributed by atoms with van der Waals surface area (Å²) in [5, 5.41) is 21.3. The lowest BCUT2D eigenvalue weighted by molar-refractivity contribution is -0.0363. The third-order valence-electron chi connectivity index (χ3n) is 7.38. The van der Waals surface area contributed by atoms with Gasteiger partial charge in [-0.15, -0.1) is 0 Å². The van der Waals surface area contributed by atoms with Gasteiger partial charge < -0.3 is 13.8 Å². The van der Waals surface area contributed by atoms with E-state index >= 15 is 0 Å². The van der Waals surface area contributed by atoms with Crippen LogP contribution in [0.15, 0.2) is 36.9 Å². The van der Waals surface area contributed by atoms with Crippen LogP contribution >= 0.6 is 7.37 Å². The molecule has 11 heteroatoms. The highest BCUT2D eigenvalue weighted by Gasteiger charge is 2.34. The molecule has 39 heavy (non-hydrogen) atoms. The van der Waals surface area contributed by atoms with Crippen molar-refractivity contribution in [2.24, 2.45) is 11.3 Å². The molecule has 1 saturated carbocycles. The minimum Gasteiger partial charge on any atom is -0.367 e. The van der Waals surface area contributed by atoms with Crippen molar-refractivity contribution in [3.63, 3.8) is 0 Å². The SMILES string of the molecule is CC(C)(OCCOP(C)(C)=O)c1cnc(N(O)CC2CCC[C@](C)(Cn3cnc4ccc(C#N)cc43)C2)cn1. The monoisotopic (exact) mass is 554 g/mol. The van der Waals surface area contributed by atoms with Crippen molar-refractivity contribution in [2.75, 3.05) is 38.2 Å². The van der Waals surface area contributed by atoms with Crippen LogP contribution in [0.25, 0.3) is 11.0 Å². The summed E-state index contributed by atoms with van der Waals surface area (Å²) in [6.45, 7) is 11.0. The molecule has 2 atom stereocenters. The molecule has 0 aliphatic heterocycles. The van der Waals surface area contributed by atoms with Crippen LogP contribution in [0.4, 0.5) is 5.82 Å². The van der Waals surface area contributed by atoms with Gasteiger partial charge in [-0.3, -0.25) is 14.8 Å². The second kappa shape index (κ2) is 11.7. The highest BCUT2D eigenvalue weighted by molar-refractivity contribution is 7.57. The Morgan fingerprint density at radius 1 is 1.26 bits per heavy atom. The molecule has 210 valence electrons. The molecule has 1 fully saturated rings. The molecule has 1 aromatic carbocycles. The lowest BCUT2D eigenvalue weighted by Gasteiger charge is -2.39. The van der Waals surface area contributed by atoms with E-state index in [1.165, 1.54) is 5.06 Å². The maximum absolute atomic E-state index is 11.7. The number of anilines is 1. The fourth-order valence-corrected chi connectivity index (χ4v) is 5.93. The van der Waals surface area contributed by atoms with E-state index in [-0.39, 0.29) is 18.6 Å². The van der Waals surface area contributed by atoms with Gasteiger partial charge in [-0.05, 0) is 62.6 Å². The highest BCUT2D eigenvalue weighted by atomic mass is 31.2. The van der Waals surface area contributed by atoms with Crippen molar-refractivity contribution in [3.05, 3.63) is 48.2 Å². The fourth-order valence-electron chi connectivity index (χ4n) is 5.41. The third kappa shape index (κ3) is 7.64. The molecular weight excluding hydrogens is 515 g/mol. The highest BCUT2D eigenvalue weighted by Crippen LogP contribution is 2.41. The number of hydrogen-bond acceptors (Lipinski definition) is 9. The Morgan fingerprint density at radius 3 is 2.74 bits per heavy atom. The van der Waals surface area contributed by atoms with Crippen LogP contribution in [0, 0.1) is 22.7 Å². The van der Waals surface area contributed by atoms with E-state index in [1.54, 1.807) is 31.8 Å². The molecule has 1 N–H and O–H groups in total. The van der Waals surface area contributed by atoms with Crippen LogP contribution in [0.2, 0.25) is 0 Å². The Labute approximate surface area is 230 Å². The van der Waals surface area contributed by atoms with E-state index < -0.39 is 13.0 Å². The number of nitriles is 1. The Bertz CT molecular complexity index is 1360. The predicted molar refractivity (Wildman–Crippen MR) is 150 cm³/mol. The summed E-state index contributed by atoms with van der Waals surface area (Å²) in [4.78, 5) is 13.5. The number of nitrogens with zero attached hydrogens (tertiary/aromatic N) is 6. The molecule has 0 amide bonds. The van der Waals surface area contributed by atoms with Crippen LogP contribution in [0.1, 0.15) is 57.7 Å². The van der Waals surface area contributed by atoms with Crippen molar-refractivity contribution in [2.45, 2.75) is 58.6 Å². The van der Waals surface area contributed by atoms with Crippen molar-refractivity contribution in [3.8, 4) is 6.07 Å². The van der Waals surface area contributed by atoms with Gasteiger partial charge in [0.15, 0.2) is 13.2 Å². The first-order valence-corrected chi connectivity index (χ1v) is 15.9. The van der Waals surface area contributed by atoms with Gasteiger partial charge in [-0.1, -0.05) is 13.3 Å². The normalized spacial score (nSPS) is 20.2. The van der Waals surface area contributed by atoms with E-state index in [9.17, 15) is 15.0 Å². The Morgan fingerprint density at radius 2 is 2.05 bits per heavy atom. The number of hydroxylamine groups is 1. The summed E-state index contributed by atoms with van der Waals surface area (Å²) in [5.74, 6) is 0.695. The molecule has 2 aromatic heterocycles. The zero-order chi connectivity index (χ0) is 28.3. The van der Waals surface area contributed by atoms with Crippen molar-refractivity contribution in [1.82, 2.24) is 19.5 Å². The summed E-state index contributed by atoms with van der Waals surface area (Å²) in [7, 11) is -2.55.